The van der Waals surface area contributed by atoms with Gasteiger partial charge in [-0.3, -0.25) is 4.99 Å². The fraction of sp³-hybridized carbons (Fsp3) is 0.0476. The number of aromatic nitrogens is 1. The molecule has 1 heterocycles. The Morgan fingerprint density at radius 1 is 1.14 bits per heavy atom. The number of methoxy groups -OCH3 is 1. The van der Waals surface area contributed by atoms with Gasteiger partial charge in [0, 0.05) is 21.3 Å². The van der Waals surface area contributed by atoms with Crippen LogP contribution in [0, 0.1) is 0 Å². The number of hydrogen-bond donors (Lipinski definition) is 1. The van der Waals surface area contributed by atoms with Crippen molar-refractivity contribution in [2.75, 3.05) is 7.11 Å². The van der Waals surface area contributed by atoms with E-state index in [1.54, 1.807) is 36.5 Å². The highest BCUT2D eigenvalue weighted by Gasteiger charge is 2.11. The van der Waals surface area contributed by atoms with Crippen LogP contribution in [-0.2, 0) is 0 Å². The van der Waals surface area contributed by atoms with Gasteiger partial charge in [-0.05, 0) is 70.5 Å². The van der Waals surface area contributed by atoms with Crippen LogP contribution in [0.3, 0.4) is 0 Å². The number of ether oxygens (including phenoxy) is 1. The number of halogens is 2. The molecule has 0 aliphatic carbocycles. The van der Waals surface area contributed by atoms with E-state index in [1.807, 2.05) is 24.3 Å². The van der Waals surface area contributed by atoms with Gasteiger partial charge in [-0.15, -0.1) is 0 Å². The van der Waals surface area contributed by atoms with Gasteiger partial charge in [0.05, 0.1) is 18.4 Å². The van der Waals surface area contributed by atoms with Gasteiger partial charge in [-0.25, -0.2) is 4.98 Å². The zero-order valence-corrected chi connectivity index (χ0v) is 17.0. The summed E-state index contributed by atoms with van der Waals surface area (Å²) in [5, 5.41) is 10.9. The minimum absolute atomic E-state index is 0.0300. The third kappa shape index (κ3) is 3.61. The fourth-order valence-electron chi connectivity index (χ4n) is 2.70. The van der Waals surface area contributed by atoms with Crippen molar-refractivity contribution in [3.05, 3.63) is 69.7 Å². The van der Waals surface area contributed by atoms with Gasteiger partial charge in [0.1, 0.15) is 5.52 Å². The molecule has 4 aromatic rings. The number of hydrogen-bond acceptors (Lipinski definition) is 5. The number of phenolic OH excluding ortho intramolecular Hbond substituents is 1. The first-order valence-corrected chi connectivity index (χ1v) is 9.48. The molecule has 7 heteroatoms. The molecule has 28 heavy (non-hydrogen) atoms. The predicted molar refractivity (Wildman–Crippen MR) is 114 cm³/mol. The van der Waals surface area contributed by atoms with Crippen LogP contribution >= 0.6 is 27.5 Å². The maximum absolute atomic E-state index is 10.3. The maximum atomic E-state index is 10.3. The number of aromatic hydroxyl groups is 1. The average molecular weight is 458 g/mol. The summed E-state index contributed by atoms with van der Waals surface area (Å²) >= 11 is 9.41. The lowest BCUT2D eigenvalue weighted by atomic mass is 10.2. The molecule has 0 spiro atoms. The molecule has 0 radical (unpaired) electrons. The molecule has 3 aromatic carbocycles. The van der Waals surface area contributed by atoms with E-state index in [1.165, 1.54) is 7.11 Å². The quantitative estimate of drug-likeness (QED) is 0.361. The van der Waals surface area contributed by atoms with Crippen LogP contribution in [0.1, 0.15) is 5.56 Å². The molecule has 0 fully saturated rings. The highest BCUT2D eigenvalue weighted by Crippen LogP contribution is 2.34. The van der Waals surface area contributed by atoms with Gasteiger partial charge >= 0.3 is 0 Å². The fourth-order valence-corrected chi connectivity index (χ4v) is 3.29. The number of nitrogens with zero attached hydrogens (tertiary/aromatic N) is 2. The van der Waals surface area contributed by atoms with E-state index < -0.39 is 0 Å². The van der Waals surface area contributed by atoms with Gasteiger partial charge in [0.15, 0.2) is 17.1 Å². The topological polar surface area (TPSA) is 67.9 Å². The monoisotopic (exact) mass is 456 g/mol. The molecule has 140 valence electrons. The van der Waals surface area contributed by atoms with Crippen LogP contribution < -0.4 is 4.74 Å². The average Bonchev–Trinajstić information content (AvgIpc) is 3.11. The van der Waals surface area contributed by atoms with Crippen LogP contribution in [0.25, 0.3) is 22.6 Å². The molecule has 0 aliphatic rings. The Morgan fingerprint density at radius 3 is 2.68 bits per heavy atom. The van der Waals surface area contributed by atoms with Gasteiger partial charge in [-0.2, -0.15) is 0 Å². The van der Waals surface area contributed by atoms with Crippen molar-refractivity contribution < 1.29 is 14.3 Å². The van der Waals surface area contributed by atoms with Crippen molar-refractivity contribution in [1.82, 2.24) is 4.98 Å². The summed E-state index contributed by atoms with van der Waals surface area (Å²) in [4.78, 5) is 8.89. The Hall–Kier alpha value is -2.83. The molecule has 4 rings (SSSR count). The Kier molecular flexibility index (Phi) is 5.07. The molecule has 1 aromatic heterocycles. The molecular formula is C21H14BrClN2O3. The van der Waals surface area contributed by atoms with Crippen LogP contribution in [0.4, 0.5) is 5.69 Å². The summed E-state index contributed by atoms with van der Waals surface area (Å²) in [5.41, 5.74) is 3.48. The number of fused-ring (bicyclic) bond motifs is 1. The van der Waals surface area contributed by atoms with Crippen molar-refractivity contribution in [1.29, 1.82) is 0 Å². The first kappa shape index (κ1) is 18.5. The van der Waals surface area contributed by atoms with Crippen LogP contribution in [0.5, 0.6) is 11.5 Å². The number of rotatable bonds is 4. The molecule has 0 saturated heterocycles. The van der Waals surface area contributed by atoms with Crippen LogP contribution in [0.2, 0.25) is 5.02 Å². The van der Waals surface area contributed by atoms with E-state index in [4.69, 9.17) is 20.8 Å². The molecule has 0 unspecified atom stereocenters. The van der Waals surface area contributed by atoms with Gasteiger partial charge in [-0.1, -0.05) is 11.6 Å². The minimum Gasteiger partial charge on any atom is -0.504 e. The Balaban J connectivity index is 1.60. The molecule has 0 aliphatic heterocycles. The second-order valence-electron chi connectivity index (χ2n) is 5.95. The summed E-state index contributed by atoms with van der Waals surface area (Å²) in [5.74, 6) is 0.930. The summed E-state index contributed by atoms with van der Waals surface area (Å²) in [6, 6.07) is 16.2. The number of benzene rings is 3. The van der Waals surface area contributed by atoms with E-state index in [-0.39, 0.29) is 5.75 Å². The number of aliphatic imine (C=N–C) groups is 1. The Labute approximate surface area is 174 Å². The van der Waals surface area contributed by atoms with Crippen molar-refractivity contribution in [3.8, 4) is 23.0 Å². The van der Waals surface area contributed by atoms with Gasteiger partial charge in [0.25, 0.3) is 0 Å². The molecule has 1 N–H and O–H groups in total. The molecule has 0 bridgehead atoms. The third-order valence-electron chi connectivity index (χ3n) is 4.15. The smallest absolute Gasteiger partial charge is 0.227 e. The molecular weight excluding hydrogens is 444 g/mol. The molecule has 0 saturated carbocycles. The third-order valence-corrected chi connectivity index (χ3v) is 5.08. The first-order chi connectivity index (χ1) is 13.5. The molecule has 0 amide bonds. The van der Waals surface area contributed by atoms with E-state index in [9.17, 15) is 5.11 Å². The zero-order chi connectivity index (χ0) is 19.7. The lowest BCUT2D eigenvalue weighted by molar-refractivity contribution is 0.373. The van der Waals surface area contributed by atoms with Crippen LogP contribution in [-0.4, -0.2) is 23.4 Å². The normalized spacial score (nSPS) is 11.4. The zero-order valence-electron chi connectivity index (χ0n) is 14.7. The van der Waals surface area contributed by atoms with E-state index in [2.05, 4.69) is 25.9 Å². The minimum atomic E-state index is 0.0300. The Morgan fingerprint density at radius 2 is 1.93 bits per heavy atom. The second kappa shape index (κ2) is 7.66. The number of oxazole rings is 1. The first-order valence-electron chi connectivity index (χ1n) is 8.31. The number of phenols is 1. The summed E-state index contributed by atoms with van der Waals surface area (Å²) in [6.45, 7) is 0. The Bertz CT molecular complexity index is 1190. The summed E-state index contributed by atoms with van der Waals surface area (Å²) in [7, 11) is 1.50. The van der Waals surface area contributed by atoms with E-state index in [0.29, 0.717) is 33.3 Å². The lowest BCUT2D eigenvalue weighted by Gasteiger charge is -2.07. The maximum Gasteiger partial charge on any atom is 0.227 e. The molecule has 0 atom stereocenters. The van der Waals surface area contributed by atoms with Crippen molar-refractivity contribution in [2.45, 2.75) is 0 Å². The van der Waals surface area contributed by atoms with Gasteiger partial charge in [0.2, 0.25) is 5.89 Å². The highest BCUT2D eigenvalue weighted by atomic mass is 79.9. The highest BCUT2D eigenvalue weighted by molar-refractivity contribution is 9.10. The SMILES string of the molecule is COc1ccc(Br)c(C=Nc2ccc(-c3nc4cc(Cl)ccc4o3)cc2)c1O. The largest absolute Gasteiger partial charge is 0.504 e. The van der Waals surface area contributed by atoms with Crippen molar-refractivity contribution in [2.24, 2.45) is 4.99 Å². The predicted octanol–water partition coefficient (Wildman–Crippen LogP) is 6.38. The second-order valence-corrected chi connectivity index (χ2v) is 7.24. The summed E-state index contributed by atoms with van der Waals surface area (Å²) < 4.78 is 11.6. The van der Waals surface area contributed by atoms with Crippen molar-refractivity contribution >= 4 is 50.5 Å². The van der Waals surface area contributed by atoms with Crippen LogP contribution in [0.15, 0.2) is 68.5 Å². The standard InChI is InChI=1S/C21H14BrClN2O3/c1-27-19-9-7-16(22)15(20(19)26)11-24-14-5-2-12(3-6-14)21-25-17-10-13(23)4-8-18(17)28-21/h2-11,26H,1H3. The van der Waals surface area contributed by atoms with E-state index >= 15 is 0 Å². The van der Waals surface area contributed by atoms with Crippen molar-refractivity contribution in [3.63, 3.8) is 0 Å². The summed E-state index contributed by atoms with van der Waals surface area (Å²) in [6.07, 6.45) is 1.58. The van der Waals surface area contributed by atoms with Gasteiger partial charge < -0.3 is 14.3 Å². The lowest BCUT2D eigenvalue weighted by Crippen LogP contribution is -1.90. The van der Waals surface area contributed by atoms with E-state index in [0.717, 1.165) is 15.7 Å². The molecule has 5 nitrogen and oxygen atoms in total.